The molecule has 1 aromatic heterocycles. The first-order valence-electron chi connectivity index (χ1n) is 13.8. The number of benzene rings is 3. The SMILES string of the molecule is COC(=O)C1=CC(C(=O)c2cc(C)c(OCc3ccccc3)cc2O)=CN2CCc3c([nH]c4ccccc34)C12C(=O)OC. The van der Waals surface area contributed by atoms with Gasteiger partial charge >= 0.3 is 11.9 Å². The Balaban J connectivity index is 1.42. The number of phenols is 1. The second-order valence-electron chi connectivity index (χ2n) is 10.5. The highest BCUT2D eigenvalue weighted by atomic mass is 16.5. The molecule has 0 saturated heterocycles. The van der Waals surface area contributed by atoms with Crippen LogP contribution in [-0.2, 0) is 37.6 Å². The maximum atomic E-state index is 13.9. The summed E-state index contributed by atoms with van der Waals surface area (Å²) in [6, 6.07) is 20.2. The van der Waals surface area contributed by atoms with E-state index in [1.54, 1.807) is 24.1 Å². The molecule has 218 valence electrons. The predicted molar refractivity (Wildman–Crippen MR) is 159 cm³/mol. The van der Waals surface area contributed by atoms with E-state index in [0.29, 0.717) is 36.6 Å². The zero-order chi connectivity index (χ0) is 30.3. The molecule has 0 spiro atoms. The maximum Gasteiger partial charge on any atom is 0.343 e. The summed E-state index contributed by atoms with van der Waals surface area (Å²) in [5.41, 5.74) is 2.16. The number of carbonyl (C=O) groups is 3. The number of rotatable bonds is 7. The van der Waals surface area contributed by atoms with E-state index in [1.807, 2.05) is 54.6 Å². The second-order valence-corrected chi connectivity index (χ2v) is 10.5. The van der Waals surface area contributed by atoms with E-state index in [2.05, 4.69) is 4.98 Å². The zero-order valence-corrected chi connectivity index (χ0v) is 24.0. The second kappa shape index (κ2) is 10.8. The van der Waals surface area contributed by atoms with Gasteiger partial charge in [0.05, 0.1) is 31.1 Å². The van der Waals surface area contributed by atoms with Crippen LogP contribution in [0.5, 0.6) is 11.5 Å². The van der Waals surface area contributed by atoms with Crippen LogP contribution in [-0.4, -0.2) is 53.5 Å². The van der Waals surface area contributed by atoms with Gasteiger partial charge in [0.1, 0.15) is 18.1 Å². The van der Waals surface area contributed by atoms with Crippen LogP contribution in [0, 0.1) is 6.92 Å². The van der Waals surface area contributed by atoms with Gasteiger partial charge in [-0.2, -0.15) is 0 Å². The van der Waals surface area contributed by atoms with Crippen molar-refractivity contribution in [1.82, 2.24) is 9.88 Å². The number of nitrogens with one attached hydrogen (secondary N) is 1. The number of carbonyl (C=O) groups excluding carboxylic acids is 3. The quantitative estimate of drug-likeness (QED) is 0.236. The number of aromatic amines is 1. The third-order valence-corrected chi connectivity index (χ3v) is 8.12. The van der Waals surface area contributed by atoms with Crippen molar-refractivity contribution in [3.63, 3.8) is 0 Å². The summed E-state index contributed by atoms with van der Waals surface area (Å²) in [7, 11) is 2.48. The van der Waals surface area contributed by atoms with Crippen LogP contribution in [0.4, 0.5) is 0 Å². The molecule has 0 radical (unpaired) electrons. The van der Waals surface area contributed by atoms with Gasteiger partial charge in [0.25, 0.3) is 0 Å². The number of phenolic OH excluding ortho intramolecular Hbond substituents is 1. The molecule has 0 saturated carbocycles. The average molecular weight is 579 g/mol. The number of esters is 2. The van der Waals surface area contributed by atoms with Crippen molar-refractivity contribution in [2.75, 3.05) is 20.8 Å². The summed E-state index contributed by atoms with van der Waals surface area (Å²) in [6.07, 6.45) is 3.45. The first kappa shape index (κ1) is 27.8. The Morgan fingerprint density at radius 1 is 1.00 bits per heavy atom. The summed E-state index contributed by atoms with van der Waals surface area (Å²) in [5, 5.41) is 11.9. The Morgan fingerprint density at radius 3 is 2.49 bits per heavy atom. The first-order chi connectivity index (χ1) is 20.8. The molecule has 1 atom stereocenters. The van der Waals surface area contributed by atoms with Gasteiger partial charge in [0, 0.05) is 35.3 Å². The van der Waals surface area contributed by atoms with Crippen LogP contribution in [0.15, 0.2) is 90.2 Å². The molecule has 9 heteroatoms. The predicted octanol–water partition coefficient (Wildman–Crippen LogP) is 4.87. The number of H-pyrrole nitrogens is 1. The summed E-state index contributed by atoms with van der Waals surface area (Å²) >= 11 is 0. The topological polar surface area (TPSA) is 118 Å². The summed E-state index contributed by atoms with van der Waals surface area (Å²) in [4.78, 5) is 46.0. The molecular weight excluding hydrogens is 548 g/mol. The number of ketones is 1. The number of aryl methyl sites for hydroxylation is 1. The Morgan fingerprint density at radius 2 is 1.74 bits per heavy atom. The lowest BCUT2D eigenvalue weighted by Crippen LogP contribution is -2.58. The van der Waals surface area contributed by atoms with E-state index < -0.39 is 23.3 Å². The fourth-order valence-corrected chi connectivity index (χ4v) is 6.05. The molecule has 1 unspecified atom stereocenters. The Kier molecular flexibility index (Phi) is 7.01. The van der Waals surface area contributed by atoms with Gasteiger partial charge < -0.3 is 29.2 Å². The molecule has 0 aliphatic carbocycles. The van der Waals surface area contributed by atoms with Crippen LogP contribution in [0.3, 0.4) is 0 Å². The average Bonchev–Trinajstić information content (AvgIpc) is 3.43. The van der Waals surface area contributed by atoms with Gasteiger partial charge in [-0.25, -0.2) is 9.59 Å². The van der Waals surface area contributed by atoms with Crippen molar-refractivity contribution in [2.24, 2.45) is 0 Å². The van der Waals surface area contributed by atoms with Gasteiger partial charge in [-0.15, -0.1) is 0 Å². The maximum absolute atomic E-state index is 13.9. The zero-order valence-electron chi connectivity index (χ0n) is 24.0. The van der Waals surface area contributed by atoms with E-state index in [4.69, 9.17) is 14.2 Å². The molecule has 2 aliphatic rings. The highest BCUT2D eigenvalue weighted by Crippen LogP contribution is 2.48. The Hall–Kier alpha value is -5.31. The van der Waals surface area contributed by atoms with Gasteiger partial charge in [0.2, 0.25) is 5.54 Å². The van der Waals surface area contributed by atoms with Crippen LogP contribution >= 0.6 is 0 Å². The number of para-hydroxylation sites is 1. The fourth-order valence-electron chi connectivity index (χ4n) is 6.05. The number of aromatic nitrogens is 1. The highest BCUT2D eigenvalue weighted by Gasteiger charge is 2.58. The minimum absolute atomic E-state index is 0.0326. The molecule has 43 heavy (non-hydrogen) atoms. The third kappa shape index (κ3) is 4.44. The van der Waals surface area contributed by atoms with Crippen LogP contribution in [0.1, 0.15) is 32.7 Å². The van der Waals surface area contributed by atoms with E-state index >= 15 is 0 Å². The van der Waals surface area contributed by atoms with E-state index in [9.17, 15) is 19.5 Å². The molecule has 4 aromatic rings. The molecular formula is C34H30N2O7. The van der Waals surface area contributed by atoms with Crippen molar-refractivity contribution < 1.29 is 33.7 Å². The summed E-state index contributed by atoms with van der Waals surface area (Å²) in [6.45, 7) is 2.39. The van der Waals surface area contributed by atoms with E-state index in [1.165, 1.54) is 26.4 Å². The van der Waals surface area contributed by atoms with E-state index in [0.717, 1.165) is 22.0 Å². The molecule has 3 heterocycles. The molecule has 0 amide bonds. The molecule has 2 aliphatic heterocycles. The first-order valence-corrected chi connectivity index (χ1v) is 13.8. The summed E-state index contributed by atoms with van der Waals surface area (Å²) < 4.78 is 16.3. The monoisotopic (exact) mass is 578 g/mol. The van der Waals surface area contributed by atoms with Crippen molar-refractivity contribution >= 4 is 28.6 Å². The number of nitrogens with zero attached hydrogens (tertiary/aromatic N) is 1. The number of allylic oxidation sites excluding steroid dienone is 2. The molecule has 2 N–H and O–H groups in total. The normalized spacial score (nSPS) is 17.3. The van der Waals surface area contributed by atoms with Crippen LogP contribution in [0.25, 0.3) is 10.9 Å². The van der Waals surface area contributed by atoms with Gasteiger partial charge in [-0.3, -0.25) is 4.79 Å². The largest absolute Gasteiger partial charge is 0.507 e. The number of methoxy groups -OCH3 is 2. The fraction of sp³-hybridized carbons (Fsp3) is 0.206. The molecule has 6 rings (SSSR count). The molecule has 9 nitrogen and oxygen atoms in total. The Labute approximate surface area is 248 Å². The minimum Gasteiger partial charge on any atom is -0.507 e. The third-order valence-electron chi connectivity index (χ3n) is 8.12. The van der Waals surface area contributed by atoms with Crippen molar-refractivity contribution in [1.29, 1.82) is 0 Å². The highest BCUT2D eigenvalue weighted by molar-refractivity contribution is 6.15. The Bertz CT molecular complexity index is 1840. The lowest BCUT2D eigenvalue weighted by Gasteiger charge is -2.46. The number of ether oxygens (including phenoxy) is 3. The molecule has 3 aromatic carbocycles. The smallest absolute Gasteiger partial charge is 0.343 e. The lowest BCUT2D eigenvalue weighted by atomic mass is 9.75. The minimum atomic E-state index is -1.70. The number of hydrogen-bond acceptors (Lipinski definition) is 8. The number of fused-ring (bicyclic) bond motifs is 5. The van der Waals surface area contributed by atoms with Crippen molar-refractivity contribution in [3.8, 4) is 11.5 Å². The number of hydrogen-bond donors (Lipinski definition) is 2. The van der Waals surface area contributed by atoms with Gasteiger partial charge in [-0.1, -0.05) is 48.5 Å². The lowest BCUT2D eigenvalue weighted by molar-refractivity contribution is -0.156. The van der Waals surface area contributed by atoms with Gasteiger partial charge in [0.15, 0.2) is 5.78 Å². The molecule has 0 bridgehead atoms. The van der Waals surface area contributed by atoms with Gasteiger partial charge in [-0.05, 0) is 48.2 Å². The summed E-state index contributed by atoms with van der Waals surface area (Å²) in [5.74, 6) is -1.84. The molecule has 0 fully saturated rings. The van der Waals surface area contributed by atoms with Crippen molar-refractivity contribution in [3.05, 3.63) is 118 Å². The number of aromatic hydroxyl groups is 1. The number of Topliss-reactive ketones (excluding diaryl/α,β-unsaturated/α-hetero) is 1. The van der Waals surface area contributed by atoms with Crippen LogP contribution in [0.2, 0.25) is 0 Å². The van der Waals surface area contributed by atoms with E-state index in [-0.39, 0.29) is 22.5 Å². The standard InChI is InChI=1S/C34H30N2O7/c1-20-15-25(28(37)17-29(20)43-19-21-9-5-4-6-10-21)30(38)22-16-26(32(39)41-2)34(33(40)42-3)31-24(13-14-36(34)18-22)23-11-7-8-12-27(23)35-31/h4-12,15-18,35,37H,13-14,19H2,1-3H3. The van der Waals surface area contributed by atoms with Crippen molar-refractivity contribution in [2.45, 2.75) is 25.5 Å². The van der Waals surface area contributed by atoms with Crippen LogP contribution < -0.4 is 4.74 Å².